The second-order valence-corrected chi connectivity index (χ2v) is 4.71. The van der Waals surface area contributed by atoms with Crippen LogP contribution in [0.1, 0.15) is 24.2 Å². The van der Waals surface area contributed by atoms with Gasteiger partial charge >= 0.3 is 0 Å². The lowest BCUT2D eigenvalue weighted by molar-refractivity contribution is -0.118. The van der Waals surface area contributed by atoms with Crippen molar-refractivity contribution in [3.63, 3.8) is 0 Å². The van der Waals surface area contributed by atoms with Gasteiger partial charge in [0.1, 0.15) is 5.82 Å². The number of aromatic nitrogens is 1. The summed E-state index contributed by atoms with van der Waals surface area (Å²) in [6, 6.07) is 1.97. The second-order valence-electron chi connectivity index (χ2n) is 4.71. The standard InChI is InChI=1S/C13H19N3O2/c1-10-7-12(11(2)18)8-14-13(10)16-5-3-15(9-17)4-6-16/h7-9,11,18H,3-6H2,1-2H3/t11-/m0/s1. The van der Waals surface area contributed by atoms with Gasteiger partial charge in [-0.15, -0.1) is 0 Å². The zero-order valence-corrected chi connectivity index (χ0v) is 10.8. The molecule has 0 aliphatic carbocycles. The van der Waals surface area contributed by atoms with E-state index in [1.54, 1.807) is 18.0 Å². The summed E-state index contributed by atoms with van der Waals surface area (Å²) in [7, 11) is 0. The molecule has 0 unspecified atom stereocenters. The quantitative estimate of drug-likeness (QED) is 0.802. The number of aliphatic hydroxyl groups excluding tert-OH is 1. The minimum atomic E-state index is -0.489. The van der Waals surface area contributed by atoms with E-state index in [9.17, 15) is 9.90 Å². The van der Waals surface area contributed by atoms with Crippen molar-refractivity contribution in [2.24, 2.45) is 0 Å². The third-order valence-electron chi connectivity index (χ3n) is 3.32. The number of hydrogen-bond acceptors (Lipinski definition) is 4. The van der Waals surface area contributed by atoms with Crippen molar-refractivity contribution in [2.75, 3.05) is 31.1 Å². The SMILES string of the molecule is Cc1cc([C@H](C)O)cnc1N1CCN(C=O)CC1. The Morgan fingerprint density at radius 3 is 2.56 bits per heavy atom. The molecular weight excluding hydrogens is 230 g/mol. The van der Waals surface area contributed by atoms with Gasteiger partial charge in [0.05, 0.1) is 6.10 Å². The predicted molar refractivity (Wildman–Crippen MR) is 69.5 cm³/mol. The molecule has 1 aliphatic rings. The second kappa shape index (κ2) is 5.35. The van der Waals surface area contributed by atoms with Gasteiger partial charge in [0.25, 0.3) is 0 Å². The lowest BCUT2D eigenvalue weighted by atomic mass is 10.1. The highest BCUT2D eigenvalue weighted by atomic mass is 16.3. The normalized spacial score (nSPS) is 17.7. The smallest absolute Gasteiger partial charge is 0.209 e. The minimum Gasteiger partial charge on any atom is -0.389 e. The lowest BCUT2D eigenvalue weighted by Gasteiger charge is -2.34. The molecule has 2 rings (SSSR count). The molecule has 18 heavy (non-hydrogen) atoms. The molecular formula is C13H19N3O2. The van der Waals surface area contributed by atoms with Gasteiger partial charge < -0.3 is 14.9 Å². The van der Waals surface area contributed by atoms with Gasteiger partial charge in [-0.3, -0.25) is 4.79 Å². The molecule has 1 aliphatic heterocycles. The molecule has 1 saturated heterocycles. The number of hydrogen-bond donors (Lipinski definition) is 1. The molecule has 0 spiro atoms. The van der Waals surface area contributed by atoms with Crippen LogP contribution in [-0.2, 0) is 4.79 Å². The summed E-state index contributed by atoms with van der Waals surface area (Å²) in [4.78, 5) is 19.0. The number of piperazine rings is 1. The molecule has 2 heterocycles. The molecule has 1 fully saturated rings. The van der Waals surface area contributed by atoms with Crippen LogP contribution in [0.25, 0.3) is 0 Å². The summed E-state index contributed by atoms with van der Waals surface area (Å²) in [6.45, 7) is 6.83. The van der Waals surface area contributed by atoms with Crippen LogP contribution in [0.3, 0.4) is 0 Å². The first-order valence-electron chi connectivity index (χ1n) is 6.20. The number of anilines is 1. The number of aryl methyl sites for hydroxylation is 1. The summed E-state index contributed by atoms with van der Waals surface area (Å²) in [5, 5.41) is 9.52. The molecule has 1 aromatic heterocycles. The molecule has 0 bridgehead atoms. The molecule has 1 amide bonds. The summed E-state index contributed by atoms with van der Waals surface area (Å²) in [6.07, 6.45) is 2.13. The third kappa shape index (κ3) is 2.61. The first-order chi connectivity index (χ1) is 8.61. The van der Waals surface area contributed by atoms with E-state index in [0.717, 1.165) is 49.5 Å². The van der Waals surface area contributed by atoms with E-state index in [-0.39, 0.29) is 0 Å². The molecule has 1 aromatic rings. The van der Waals surface area contributed by atoms with Crippen LogP contribution < -0.4 is 4.90 Å². The van der Waals surface area contributed by atoms with Crippen LogP contribution in [0.5, 0.6) is 0 Å². The molecule has 5 heteroatoms. The zero-order chi connectivity index (χ0) is 13.1. The van der Waals surface area contributed by atoms with E-state index in [1.807, 2.05) is 13.0 Å². The van der Waals surface area contributed by atoms with Gasteiger partial charge in [0.2, 0.25) is 6.41 Å². The number of pyridine rings is 1. The first kappa shape index (κ1) is 12.8. The Morgan fingerprint density at radius 1 is 1.39 bits per heavy atom. The molecule has 5 nitrogen and oxygen atoms in total. The monoisotopic (exact) mass is 249 g/mol. The van der Waals surface area contributed by atoms with Gasteiger partial charge in [-0.2, -0.15) is 0 Å². The van der Waals surface area contributed by atoms with E-state index in [2.05, 4.69) is 9.88 Å². The molecule has 98 valence electrons. The Kier molecular flexibility index (Phi) is 3.81. The predicted octanol–water partition coefficient (Wildman–Crippen LogP) is 0.722. The van der Waals surface area contributed by atoms with Gasteiger partial charge in [-0.05, 0) is 31.0 Å². The molecule has 0 radical (unpaired) electrons. The van der Waals surface area contributed by atoms with Crippen LogP contribution in [0.15, 0.2) is 12.3 Å². The van der Waals surface area contributed by atoms with Crippen molar-refractivity contribution >= 4 is 12.2 Å². The number of carbonyl (C=O) groups is 1. The van der Waals surface area contributed by atoms with Gasteiger partial charge in [-0.25, -0.2) is 4.98 Å². The fourth-order valence-electron chi connectivity index (χ4n) is 2.19. The van der Waals surface area contributed by atoms with Gasteiger partial charge in [0, 0.05) is 32.4 Å². The van der Waals surface area contributed by atoms with E-state index in [4.69, 9.17) is 0 Å². The van der Waals surface area contributed by atoms with Crippen LogP contribution in [-0.4, -0.2) is 47.6 Å². The highest BCUT2D eigenvalue weighted by Gasteiger charge is 2.18. The van der Waals surface area contributed by atoms with Crippen molar-refractivity contribution in [1.29, 1.82) is 0 Å². The highest BCUT2D eigenvalue weighted by Crippen LogP contribution is 2.21. The summed E-state index contributed by atoms with van der Waals surface area (Å²) in [5.41, 5.74) is 1.90. The summed E-state index contributed by atoms with van der Waals surface area (Å²) < 4.78 is 0. The summed E-state index contributed by atoms with van der Waals surface area (Å²) >= 11 is 0. The number of carbonyl (C=O) groups excluding carboxylic acids is 1. The van der Waals surface area contributed by atoms with Crippen LogP contribution in [0, 0.1) is 6.92 Å². The zero-order valence-electron chi connectivity index (χ0n) is 10.8. The molecule has 0 saturated carbocycles. The largest absolute Gasteiger partial charge is 0.389 e. The van der Waals surface area contributed by atoms with Gasteiger partial charge in [0.15, 0.2) is 0 Å². The van der Waals surface area contributed by atoms with E-state index >= 15 is 0 Å². The number of rotatable bonds is 3. The molecule has 1 atom stereocenters. The fraction of sp³-hybridized carbons (Fsp3) is 0.538. The van der Waals surface area contributed by atoms with Crippen LogP contribution >= 0.6 is 0 Å². The van der Waals surface area contributed by atoms with Crippen molar-refractivity contribution in [2.45, 2.75) is 20.0 Å². The maximum absolute atomic E-state index is 10.7. The Balaban J connectivity index is 2.12. The Labute approximate surface area is 107 Å². The maximum Gasteiger partial charge on any atom is 0.209 e. The average molecular weight is 249 g/mol. The van der Waals surface area contributed by atoms with E-state index in [1.165, 1.54) is 0 Å². The summed E-state index contributed by atoms with van der Waals surface area (Å²) in [5.74, 6) is 0.949. The van der Waals surface area contributed by atoms with Crippen LogP contribution in [0.4, 0.5) is 5.82 Å². The lowest BCUT2D eigenvalue weighted by Crippen LogP contribution is -2.46. The number of aliphatic hydroxyl groups is 1. The van der Waals surface area contributed by atoms with E-state index in [0.29, 0.717) is 0 Å². The Bertz CT molecular complexity index is 426. The van der Waals surface area contributed by atoms with Crippen molar-refractivity contribution < 1.29 is 9.90 Å². The highest BCUT2D eigenvalue weighted by molar-refractivity contribution is 5.51. The van der Waals surface area contributed by atoms with E-state index < -0.39 is 6.10 Å². The van der Waals surface area contributed by atoms with Crippen molar-refractivity contribution in [3.05, 3.63) is 23.4 Å². The number of amides is 1. The topological polar surface area (TPSA) is 56.7 Å². The van der Waals surface area contributed by atoms with Crippen molar-refractivity contribution in [3.8, 4) is 0 Å². The Hall–Kier alpha value is -1.62. The van der Waals surface area contributed by atoms with Gasteiger partial charge in [-0.1, -0.05) is 0 Å². The maximum atomic E-state index is 10.7. The minimum absolute atomic E-state index is 0.489. The number of nitrogens with zero attached hydrogens (tertiary/aromatic N) is 3. The fourth-order valence-corrected chi connectivity index (χ4v) is 2.19. The molecule has 1 N–H and O–H groups in total. The molecule has 0 aromatic carbocycles. The van der Waals surface area contributed by atoms with Crippen molar-refractivity contribution in [1.82, 2.24) is 9.88 Å². The van der Waals surface area contributed by atoms with Crippen LogP contribution in [0.2, 0.25) is 0 Å². The average Bonchev–Trinajstić information content (AvgIpc) is 2.38. The Morgan fingerprint density at radius 2 is 2.06 bits per heavy atom. The third-order valence-corrected chi connectivity index (χ3v) is 3.32. The first-order valence-corrected chi connectivity index (χ1v) is 6.20.